The van der Waals surface area contributed by atoms with E-state index in [1.807, 2.05) is 19.9 Å². The number of carbonyl (C=O) groups is 2. The van der Waals surface area contributed by atoms with Gasteiger partial charge < -0.3 is 14.8 Å². The van der Waals surface area contributed by atoms with Crippen LogP contribution < -0.4 is 9.64 Å². The minimum Gasteiger partial charge on any atom is -0.507 e. The molecule has 3 aromatic carbocycles. The molecule has 1 unspecified atom stereocenters. The van der Waals surface area contributed by atoms with Gasteiger partial charge in [-0.1, -0.05) is 44.2 Å². The summed E-state index contributed by atoms with van der Waals surface area (Å²) < 4.78 is 20.7. The second kappa shape index (κ2) is 9.20. The van der Waals surface area contributed by atoms with Crippen molar-refractivity contribution >= 4 is 34.4 Å². The number of rotatable bonds is 5. The van der Waals surface area contributed by atoms with Crippen LogP contribution in [0.2, 0.25) is 0 Å². The number of aliphatic hydroxyl groups is 1. The van der Waals surface area contributed by atoms with E-state index in [2.05, 4.69) is 9.97 Å². The number of aliphatic hydroxyl groups excluding tert-OH is 1. The summed E-state index contributed by atoms with van der Waals surface area (Å²) in [5.74, 6) is -2.04. The molecule has 8 heteroatoms. The van der Waals surface area contributed by atoms with E-state index in [1.165, 1.54) is 18.2 Å². The molecule has 1 aromatic heterocycles. The van der Waals surface area contributed by atoms with Crippen LogP contribution in [-0.4, -0.2) is 33.9 Å². The predicted octanol–water partition coefficient (Wildman–Crippen LogP) is 5.77. The van der Waals surface area contributed by atoms with Gasteiger partial charge in [-0.15, -0.1) is 0 Å². The number of ether oxygens (including phenoxy) is 1. The highest BCUT2D eigenvalue weighted by Gasteiger charge is 2.49. The van der Waals surface area contributed by atoms with Gasteiger partial charge in [0.15, 0.2) is 0 Å². The Hall–Kier alpha value is -4.46. The lowest BCUT2D eigenvalue weighted by Gasteiger charge is -2.24. The van der Waals surface area contributed by atoms with Crippen LogP contribution in [0.15, 0.2) is 66.2 Å². The van der Waals surface area contributed by atoms with Crippen molar-refractivity contribution in [1.82, 2.24) is 9.97 Å². The lowest BCUT2D eigenvalue weighted by Crippen LogP contribution is -2.30. The molecule has 0 aliphatic carbocycles. The number of benzene rings is 3. The van der Waals surface area contributed by atoms with Gasteiger partial charge in [0.1, 0.15) is 23.4 Å². The van der Waals surface area contributed by atoms with Gasteiger partial charge in [-0.2, -0.15) is 0 Å². The van der Waals surface area contributed by atoms with E-state index in [1.54, 1.807) is 50.4 Å². The number of imidazole rings is 1. The second-order valence-electron chi connectivity index (χ2n) is 9.33. The molecule has 1 fully saturated rings. The number of hydrogen-bond donors (Lipinski definition) is 2. The Balaban J connectivity index is 1.77. The highest BCUT2D eigenvalue weighted by atomic mass is 19.1. The van der Waals surface area contributed by atoms with Gasteiger partial charge in [0.2, 0.25) is 5.95 Å². The van der Waals surface area contributed by atoms with Crippen molar-refractivity contribution in [1.29, 1.82) is 0 Å². The molecule has 0 saturated carbocycles. The molecule has 2 heterocycles. The molecular weight excluding hydrogens is 473 g/mol. The van der Waals surface area contributed by atoms with Crippen LogP contribution in [0.4, 0.5) is 10.3 Å². The highest BCUT2D eigenvalue weighted by Crippen LogP contribution is 2.43. The van der Waals surface area contributed by atoms with Gasteiger partial charge in [-0.05, 0) is 54.3 Å². The number of amides is 1. The number of carbonyl (C=O) groups excluding carboxylic acids is 2. The van der Waals surface area contributed by atoms with Crippen molar-refractivity contribution in [3.63, 3.8) is 0 Å². The number of fused-ring (bicyclic) bond motifs is 1. The minimum atomic E-state index is -1.23. The van der Waals surface area contributed by atoms with Gasteiger partial charge in [0, 0.05) is 11.1 Å². The molecule has 0 bridgehead atoms. The first-order valence-electron chi connectivity index (χ1n) is 11.9. The Morgan fingerprint density at radius 2 is 1.81 bits per heavy atom. The molecule has 1 aliphatic heterocycles. The Bertz CT molecular complexity index is 1550. The van der Waals surface area contributed by atoms with Crippen molar-refractivity contribution in [2.75, 3.05) is 12.0 Å². The van der Waals surface area contributed by atoms with E-state index >= 15 is 4.39 Å². The number of anilines is 1. The normalized spacial score (nSPS) is 17.2. The number of nitrogens with zero attached hydrogens (tertiary/aromatic N) is 2. The maximum Gasteiger partial charge on any atom is 0.302 e. The molecule has 188 valence electrons. The number of aromatic nitrogens is 2. The van der Waals surface area contributed by atoms with E-state index in [0.29, 0.717) is 27.9 Å². The average Bonchev–Trinajstić information content (AvgIpc) is 3.41. The number of hydrogen-bond acceptors (Lipinski definition) is 5. The molecule has 1 atom stereocenters. The quantitative estimate of drug-likeness (QED) is 0.207. The van der Waals surface area contributed by atoms with Gasteiger partial charge in [0.25, 0.3) is 5.78 Å². The third kappa shape index (κ3) is 3.94. The molecule has 1 aliphatic rings. The van der Waals surface area contributed by atoms with Gasteiger partial charge in [-0.3, -0.25) is 14.5 Å². The Labute approximate surface area is 213 Å². The third-order valence-electron chi connectivity index (χ3n) is 6.70. The van der Waals surface area contributed by atoms with Crippen molar-refractivity contribution in [2.45, 2.75) is 32.7 Å². The number of nitrogens with one attached hydrogen (secondary N) is 1. The Morgan fingerprint density at radius 3 is 2.49 bits per heavy atom. The number of aryl methyl sites for hydroxylation is 1. The van der Waals surface area contributed by atoms with E-state index in [9.17, 15) is 14.7 Å². The molecule has 1 saturated heterocycles. The zero-order valence-corrected chi connectivity index (χ0v) is 20.9. The van der Waals surface area contributed by atoms with Crippen LogP contribution in [0, 0.1) is 12.7 Å². The van der Waals surface area contributed by atoms with Crippen LogP contribution in [0.3, 0.4) is 0 Å². The molecule has 0 spiro atoms. The molecule has 7 nitrogen and oxygen atoms in total. The minimum absolute atomic E-state index is 0.0578. The van der Waals surface area contributed by atoms with Crippen molar-refractivity contribution in [2.24, 2.45) is 0 Å². The number of halogens is 1. The monoisotopic (exact) mass is 499 g/mol. The van der Waals surface area contributed by atoms with Crippen LogP contribution >= 0.6 is 0 Å². The van der Waals surface area contributed by atoms with Gasteiger partial charge in [0.05, 0.1) is 23.7 Å². The summed E-state index contributed by atoms with van der Waals surface area (Å²) in [6, 6.07) is 15.3. The molecule has 0 radical (unpaired) electrons. The summed E-state index contributed by atoms with van der Waals surface area (Å²) in [4.78, 5) is 35.5. The first kappa shape index (κ1) is 24.2. The standard InChI is InChI=1S/C29H26FN3O4/c1-15(2)18-14-19(16(3)13-23(18)37-4)26(34)24-25(17-9-5-6-10-20(17)30)33(28(36)27(24)35)29-31-21-11-7-8-12-22(21)32-29/h5-15,25,34H,1-4H3,(H,31,32)/b26-24+. The average molecular weight is 500 g/mol. The van der Waals surface area contributed by atoms with Crippen LogP contribution in [-0.2, 0) is 9.59 Å². The van der Waals surface area contributed by atoms with Crippen LogP contribution in [0.25, 0.3) is 16.8 Å². The summed E-state index contributed by atoms with van der Waals surface area (Å²) in [5.41, 5.74) is 2.93. The SMILES string of the molecule is COc1cc(C)c(/C(O)=C2\C(=O)C(=O)N(c3nc4ccccc4[nH]3)C2c2ccccc2F)cc1C(C)C. The molecule has 37 heavy (non-hydrogen) atoms. The highest BCUT2D eigenvalue weighted by molar-refractivity contribution is 6.51. The number of ketones is 1. The molecular formula is C29H26FN3O4. The van der Waals surface area contributed by atoms with E-state index < -0.39 is 23.5 Å². The molecule has 1 amide bonds. The fourth-order valence-electron chi connectivity index (χ4n) is 4.82. The van der Waals surface area contributed by atoms with Crippen molar-refractivity contribution in [3.05, 3.63) is 94.3 Å². The van der Waals surface area contributed by atoms with Crippen molar-refractivity contribution < 1.29 is 23.8 Å². The predicted molar refractivity (Wildman–Crippen MR) is 139 cm³/mol. The smallest absolute Gasteiger partial charge is 0.302 e. The van der Waals surface area contributed by atoms with Gasteiger partial charge >= 0.3 is 5.91 Å². The lowest BCUT2D eigenvalue weighted by molar-refractivity contribution is -0.132. The summed E-state index contributed by atoms with van der Waals surface area (Å²) in [5, 5.41) is 11.6. The topological polar surface area (TPSA) is 95.5 Å². The summed E-state index contributed by atoms with van der Waals surface area (Å²) >= 11 is 0. The summed E-state index contributed by atoms with van der Waals surface area (Å²) in [7, 11) is 1.57. The van der Waals surface area contributed by atoms with Gasteiger partial charge in [-0.25, -0.2) is 9.37 Å². The Kier molecular flexibility index (Phi) is 6.03. The largest absolute Gasteiger partial charge is 0.507 e. The number of Topliss-reactive ketones (excluding diaryl/α,β-unsaturated/α-hetero) is 1. The summed E-state index contributed by atoms with van der Waals surface area (Å²) in [6.45, 7) is 5.74. The van der Waals surface area contributed by atoms with E-state index in [-0.39, 0.29) is 28.8 Å². The first-order chi connectivity index (χ1) is 17.7. The number of methoxy groups -OCH3 is 1. The zero-order chi connectivity index (χ0) is 26.4. The maximum atomic E-state index is 15.2. The Morgan fingerprint density at radius 1 is 1.11 bits per heavy atom. The van der Waals surface area contributed by atoms with Crippen LogP contribution in [0.1, 0.15) is 48.1 Å². The number of H-pyrrole nitrogens is 1. The maximum absolute atomic E-state index is 15.2. The molecule has 2 N–H and O–H groups in total. The third-order valence-corrected chi connectivity index (χ3v) is 6.70. The fraction of sp³-hybridized carbons (Fsp3) is 0.207. The lowest BCUT2D eigenvalue weighted by atomic mass is 9.91. The van der Waals surface area contributed by atoms with E-state index in [0.717, 1.165) is 10.5 Å². The zero-order valence-electron chi connectivity index (χ0n) is 20.9. The van der Waals surface area contributed by atoms with Crippen molar-refractivity contribution in [3.8, 4) is 5.75 Å². The first-order valence-corrected chi connectivity index (χ1v) is 11.9. The number of para-hydroxylation sites is 2. The second-order valence-corrected chi connectivity index (χ2v) is 9.33. The molecule has 4 aromatic rings. The van der Waals surface area contributed by atoms with E-state index in [4.69, 9.17) is 4.74 Å². The fourth-order valence-corrected chi connectivity index (χ4v) is 4.82. The summed E-state index contributed by atoms with van der Waals surface area (Å²) in [6.07, 6.45) is 0. The molecule has 5 rings (SSSR count). The number of aromatic amines is 1. The van der Waals surface area contributed by atoms with Crippen LogP contribution in [0.5, 0.6) is 5.75 Å².